The Balaban J connectivity index is 1.20. The number of rotatable bonds is 4. The summed E-state index contributed by atoms with van der Waals surface area (Å²) >= 11 is 6.21. The number of ether oxygens (including phenoxy) is 2. The second-order valence-corrected chi connectivity index (χ2v) is 12.0. The molecule has 7 heteroatoms. The fourth-order valence-electron chi connectivity index (χ4n) is 6.20. The molecule has 0 unspecified atom stereocenters. The van der Waals surface area contributed by atoms with Gasteiger partial charge in [-0.3, -0.25) is 4.79 Å². The Hall–Kier alpha value is -1.60. The number of likely N-dealkylation sites (tertiary alicyclic amines) is 1. The van der Waals surface area contributed by atoms with Crippen LogP contribution in [0.2, 0.25) is 5.02 Å². The second kappa shape index (κ2) is 8.51. The lowest BCUT2D eigenvalue weighted by Crippen LogP contribution is -2.46. The zero-order valence-electron chi connectivity index (χ0n) is 20.7. The van der Waals surface area contributed by atoms with Gasteiger partial charge in [0.2, 0.25) is 5.91 Å². The molecule has 2 N–H and O–H groups in total. The molecule has 1 spiro atoms. The minimum atomic E-state index is -0.839. The lowest BCUT2D eigenvalue weighted by Gasteiger charge is -2.39. The number of carbonyl (C=O) groups excluding carboxylic acids is 1. The van der Waals surface area contributed by atoms with Gasteiger partial charge in [-0.15, -0.1) is 0 Å². The van der Waals surface area contributed by atoms with Gasteiger partial charge in [0.15, 0.2) is 0 Å². The summed E-state index contributed by atoms with van der Waals surface area (Å²) in [6.07, 6.45) is 4.92. The number of benzene rings is 1. The highest BCUT2D eigenvalue weighted by atomic mass is 35.5. The fraction of sp³-hybridized carbons (Fsp3) is 0.667. The summed E-state index contributed by atoms with van der Waals surface area (Å²) in [6.45, 7) is 10.1. The summed E-state index contributed by atoms with van der Waals surface area (Å²) in [6, 6.07) is 5.78. The number of aliphatic hydroxyl groups is 1. The van der Waals surface area contributed by atoms with Crippen LogP contribution in [0.15, 0.2) is 18.2 Å². The van der Waals surface area contributed by atoms with Crippen LogP contribution in [-0.2, 0) is 20.7 Å². The Bertz CT molecular complexity index is 1080. The summed E-state index contributed by atoms with van der Waals surface area (Å²) in [5.41, 5.74) is 2.01. The van der Waals surface area contributed by atoms with Crippen LogP contribution in [0.3, 0.4) is 0 Å². The van der Waals surface area contributed by atoms with Gasteiger partial charge in [-0.1, -0.05) is 11.6 Å². The topological polar surface area (TPSA) is 74.8 Å². The van der Waals surface area contributed by atoms with E-state index >= 15 is 0 Å². The van der Waals surface area contributed by atoms with E-state index in [1.807, 2.05) is 43.9 Å². The van der Waals surface area contributed by atoms with Gasteiger partial charge in [-0.25, -0.2) is 0 Å². The zero-order chi connectivity index (χ0) is 24.3. The van der Waals surface area contributed by atoms with E-state index in [9.17, 15) is 9.90 Å². The van der Waals surface area contributed by atoms with Crippen LogP contribution in [0.5, 0.6) is 0 Å². The molecule has 1 amide bonds. The van der Waals surface area contributed by atoms with Gasteiger partial charge in [-0.2, -0.15) is 0 Å². The molecule has 3 fully saturated rings. The normalized spacial score (nSPS) is 29.4. The molecular weight excluding hydrogens is 452 g/mol. The van der Waals surface area contributed by atoms with Crippen molar-refractivity contribution >= 4 is 28.4 Å². The van der Waals surface area contributed by atoms with Crippen molar-refractivity contribution in [3.63, 3.8) is 0 Å². The first-order valence-corrected chi connectivity index (χ1v) is 12.9. The molecule has 3 aliphatic rings. The average Bonchev–Trinajstić information content (AvgIpc) is 3.46. The van der Waals surface area contributed by atoms with Crippen molar-refractivity contribution in [2.75, 3.05) is 19.7 Å². The van der Waals surface area contributed by atoms with Gasteiger partial charge >= 0.3 is 0 Å². The number of hydrogen-bond acceptors (Lipinski definition) is 4. The molecule has 0 bridgehead atoms. The van der Waals surface area contributed by atoms with E-state index in [4.69, 9.17) is 21.1 Å². The number of carbonyl (C=O) groups is 1. The van der Waals surface area contributed by atoms with Crippen molar-refractivity contribution in [2.45, 2.75) is 89.6 Å². The highest BCUT2D eigenvalue weighted by molar-refractivity contribution is 6.31. The van der Waals surface area contributed by atoms with Crippen LogP contribution in [0.4, 0.5) is 0 Å². The largest absolute Gasteiger partial charge is 0.388 e. The SMILES string of the molecule is Cc1[nH]c2ccc(Cl)cc2c1CC(=O)N1CCC2(CC1)CO[C@H]([C@@]1(C)CC[C@@H](C(C)(C)O)O1)C2. The summed E-state index contributed by atoms with van der Waals surface area (Å²) in [7, 11) is 0. The van der Waals surface area contributed by atoms with E-state index in [1.165, 1.54) is 0 Å². The maximum atomic E-state index is 13.2. The summed E-state index contributed by atoms with van der Waals surface area (Å²) in [5, 5.41) is 12.1. The maximum absolute atomic E-state index is 13.2. The van der Waals surface area contributed by atoms with Crippen LogP contribution in [-0.4, -0.2) is 64.0 Å². The molecule has 34 heavy (non-hydrogen) atoms. The van der Waals surface area contributed by atoms with Crippen LogP contribution < -0.4 is 0 Å². The molecule has 3 saturated heterocycles. The number of H-pyrrole nitrogens is 1. The smallest absolute Gasteiger partial charge is 0.227 e. The molecule has 0 radical (unpaired) electrons. The third-order valence-electron chi connectivity index (χ3n) is 8.58. The Kier molecular flexibility index (Phi) is 6.03. The van der Waals surface area contributed by atoms with E-state index in [0.717, 1.165) is 74.0 Å². The first-order valence-electron chi connectivity index (χ1n) is 12.5. The van der Waals surface area contributed by atoms with E-state index < -0.39 is 5.60 Å². The lowest BCUT2D eigenvalue weighted by atomic mass is 9.74. The van der Waals surface area contributed by atoms with E-state index in [-0.39, 0.29) is 29.1 Å². The molecule has 1 aromatic carbocycles. The maximum Gasteiger partial charge on any atom is 0.227 e. The number of nitrogens with zero attached hydrogens (tertiary/aromatic N) is 1. The van der Waals surface area contributed by atoms with Gasteiger partial charge in [0, 0.05) is 34.7 Å². The first kappa shape index (κ1) is 24.1. The number of aromatic nitrogens is 1. The number of aromatic amines is 1. The van der Waals surface area contributed by atoms with E-state index in [1.54, 1.807) is 0 Å². The third kappa shape index (κ3) is 4.39. The van der Waals surface area contributed by atoms with Crippen LogP contribution in [0.1, 0.15) is 64.1 Å². The van der Waals surface area contributed by atoms with Gasteiger partial charge < -0.3 is 24.5 Å². The Morgan fingerprint density at radius 1 is 1.29 bits per heavy atom. The molecule has 0 aliphatic carbocycles. The minimum absolute atomic E-state index is 0.0423. The predicted molar refractivity (Wildman–Crippen MR) is 133 cm³/mol. The van der Waals surface area contributed by atoms with Crippen LogP contribution in [0.25, 0.3) is 10.9 Å². The second-order valence-electron chi connectivity index (χ2n) is 11.6. The van der Waals surface area contributed by atoms with Crippen molar-refractivity contribution in [3.05, 3.63) is 34.5 Å². The zero-order valence-corrected chi connectivity index (χ0v) is 21.5. The Morgan fingerprint density at radius 3 is 2.71 bits per heavy atom. The van der Waals surface area contributed by atoms with Crippen molar-refractivity contribution in [1.82, 2.24) is 9.88 Å². The number of piperidine rings is 1. The molecule has 1 aromatic heterocycles. The third-order valence-corrected chi connectivity index (χ3v) is 8.81. The number of aryl methyl sites for hydroxylation is 1. The number of amides is 1. The number of nitrogens with one attached hydrogen (secondary N) is 1. The van der Waals surface area contributed by atoms with Crippen LogP contribution in [0, 0.1) is 12.3 Å². The predicted octanol–water partition coefficient (Wildman–Crippen LogP) is 4.78. The quantitative estimate of drug-likeness (QED) is 0.649. The van der Waals surface area contributed by atoms with Gasteiger partial charge in [0.05, 0.1) is 36.4 Å². The van der Waals surface area contributed by atoms with Gasteiger partial charge in [0.1, 0.15) is 0 Å². The summed E-state index contributed by atoms with van der Waals surface area (Å²) in [4.78, 5) is 18.6. The van der Waals surface area contributed by atoms with Crippen molar-refractivity contribution in [1.29, 1.82) is 0 Å². The molecule has 3 aliphatic heterocycles. The minimum Gasteiger partial charge on any atom is -0.388 e. The number of halogens is 1. The molecule has 2 aromatic rings. The molecule has 0 saturated carbocycles. The number of hydrogen-bond donors (Lipinski definition) is 2. The first-order chi connectivity index (χ1) is 16.0. The Morgan fingerprint density at radius 2 is 2.03 bits per heavy atom. The Labute approximate surface area is 206 Å². The monoisotopic (exact) mass is 488 g/mol. The molecule has 3 atom stereocenters. The fourth-order valence-corrected chi connectivity index (χ4v) is 6.37. The molecular formula is C27H37ClN2O4. The standard InChI is InChI=1S/C27H37ClN2O4/c1-17-19(20-13-18(28)5-6-21(20)29-17)14-24(31)30-11-9-27(10-12-30)15-23(33-16-27)26(4)8-7-22(34-26)25(2,3)32/h5-6,13,22-23,29,32H,7-12,14-16H2,1-4H3/t22-,23-,26+/m0/s1. The molecule has 186 valence electrons. The van der Waals surface area contributed by atoms with Gasteiger partial charge in [0.25, 0.3) is 0 Å². The van der Waals surface area contributed by atoms with Crippen molar-refractivity contribution in [2.24, 2.45) is 5.41 Å². The highest BCUT2D eigenvalue weighted by Crippen LogP contribution is 2.49. The van der Waals surface area contributed by atoms with Crippen molar-refractivity contribution < 1.29 is 19.4 Å². The number of fused-ring (bicyclic) bond motifs is 1. The summed E-state index contributed by atoms with van der Waals surface area (Å²) in [5.74, 6) is 0.174. The van der Waals surface area contributed by atoms with Crippen molar-refractivity contribution in [3.8, 4) is 0 Å². The van der Waals surface area contributed by atoms with E-state index in [2.05, 4.69) is 11.9 Å². The van der Waals surface area contributed by atoms with Gasteiger partial charge in [-0.05, 0) is 89.0 Å². The average molecular weight is 489 g/mol. The highest BCUT2D eigenvalue weighted by Gasteiger charge is 2.53. The molecule has 4 heterocycles. The lowest BCUT2D eigenvalue weighted by molar-refractivity contribution is -0.155. The van der Waals surface area contributed by atoms with E-state index in [0.29, 0.717) is 11.4 Å². The molecule has 6 nitrogen and oxygen atoms in total. The summed E-state index contributed by atoms with van der Waals surface area (Å²) < 4.78 is 12.7. The van der Waals surface area contributed by atoms with Crippen LogP contribution >= 0.6 is 11.6 Å². The molecule has 5 rings (SSSR count).